The van der Waals surface area contributed by atoms with E-state index in [1.807, 2.05) is 25.1 Å². The molecule has 1 aliphatic rings. The van der Waals surface area contributed by atoms with E-state index >= 15 is 0 Å². The molecule has 32 heavy (non-hydrogen) atoms. The van der Waals surface area contributed by atoms with Crippen LogP contribution in [0, 0.1) is 5.82 Å². The van der Waals surface area contributed by atoms with Gasteiger partial charge in [-0.1, -0.05) is 17.4 Å². The second kappa shape index (κ2) is 11.6. The van der Waals surface area contributed by atoms with Gasteiger partial charge in [0, 0.05) is 31.7 Å². The predicted octanol–water partition coefficient (Wildman–Crippen LogP) is 4.63. The van der Waals surface area contributed by atoms with E-state index in [0.29, 0.717) is 23.8 Å². The van der Waals surface area contributed by atoms with Gasteiger partial charge in [0.2, 0.25) is 0 Å². The molecule has 1 fully saturated rings. The molecule has 9 heteroatoms. The number of anilines is 1. The second-order valence-electron chi connectivity index (χ2n) is 7.33. The molecule has 0 N–H and O–H groups in total. The number of morpholine rings is 1. The van der Waals surface area contributed by atoms with Crippen molar-refractivity contribution in [3.05, 3.63) is 53.8 Å². The Balaban J connectivity index is 0.00000289. The van der Waals surface area contributed by atoms with Gasteiger partial charge in [0.25, 0.3) is 5.91 Å². The molecule has 0 saturated carbocycles. The van der Waals surface area contributed by atoms with Crippen LogP contribution in [0.1, 0.15) is 23.7 Å². The van der Waals surface area contributed by atoms with Crippen LogP contribution >= 0.6 is 23.7 Å². The molecule has 0 bridgehead atoms. The average molecular weight is 480 g/mol. The summed E-state index contributed by atoms with van der Waals surface area (Å²) in [4.78, 5) is 22.0. The number of aromatic nitrogens is 1. The summed E-state index contributed by atoms with van der Waals surface area (Å²) in [6.07, 6.45) is 0.793. The summed E-state index contributed by atoms with van der Waals surface area (Å²) in [6, 6.07) is 11.5. The van der Waals surface area contributed by atoms with Crippen LogP contribution in [0.5, 0.6) is 5.75 Å². The summed E-state index contributed by atoms with van der Waals surface area (Å²) in [5.41, 5.74) is 1.13. The average Bonchev–Trinajstić information content (AvgIpc) is 3.20. The lowest BCUT2D eigenvalue weighted by Gasteiger charge is -2.27. The minimum Gasteiger partial charge on any atom is -0.494 e. The third kappa shape index (κ3) is 5.95. The molecular formula is C23H27ClFN3O3S. The number of fused-ring (bicyclic) bond motifs is 1. The van der Waals surface area contributed by atoms with Crippen LogP contribution in [0.3, 0.4) is 0 Å². The van der Waals surface area contributed by atoms with E-state index in [1.165, 1.54) is 23.5 Å². The SMILES string of the molecule is CCOc1ccc2nc(N(CCCN3CCOCC3)C(=O)c3cccc(F)c3)sc2c1.Cl. The van der Waals surface area contributed by atoms with Crippen molar-refractivity contribution in [2.24, 2.45) is 0 Å². The highest BCUT2D eigenvalue weighted by atomic mass is 35.5. The lowest BCUT2D eigenvalue weighted by Crippen LogP contribution is -2.39. The molecule has 1 aromatic heterocycles. The van der Waals surface area contributed by atoms with Gasteiger partial charge in [0.1, 0.15) is 11.6 Å². The summed E-state index contributed by atoms with van der Waals surface area (Å²) < 4.78 is 25.7. The Kier molecular flexibility index (Phi) is 8.81. The summed E-state index contributed by atoms with van der Waals surface area (Å²) >= 11 is 1.45. The number of amides is 1. The zero-order chi connectivity index (χ0) is 21.6. The number of hydrogen-bond donors (Lipinski definition) is 0. The molecule has 1 aliphatic heterocycles. The number of ether oxygens (including phenoxy) is 2. The standard InChI is InChI=1S/C23H26FN3O3S.ClH/c1-2-30-19-7-8-20-21(16-19)31-23(25-20)27(10-4-9-26-11-13-29-14-12-26)22(28)17-5-3-6-18(24)15-17;/h3,5-8,15-16H,2,4,9-14H2,1H3;1H. The monoisotopic (exact) mass is 479 g/mol. The van der Waals surface area contributed by atoms with E-state index in [2.05, 4.69) is 9.88 Å². The van der Waals surface area contributed by atoms with E-state index < -0.39 is 5.82 Å². The normalized spacial score (nSPS) is 14.2. The van der Waals surface area contributed by atoms with E-state index in [0.717, 1.165) is 55.2 Å². The Morgan fingerprint density at radius 2 is 2.06 bits per heavy atom. The molecule has 0 spiro atoms. The highest BCUT2D eigenvalue weighted by Crippen LogP contribution is 2.32. The highest BCUT2D eigenvalue weighted by molar-refractivity contribution is 7.22. The van der Waals surface area contributed by atoms with Gasteiger partial charge in [-0.25, -0.2) is 9.37 Å². The van der Waals surface area contributed by atoms with Gasteiger partial charge in [0.15, 0.2) is 5.13 Å². The van der Waals surface area contributed by atoms with Gasteiger partial charge < -0.3 is 9.47 Å². The lowest BCUT2D eigenvalue weighted by molar-refractivity contribution is 0.0376. The van der Waals surface area contributed by atoms with Crippen LogP contribution in [0.25, 0.3) is 10.2 Å². The first-order valence-electron chi connectivity index (χ1n) is 10.5. The van der Waals surface area contributed by atoms with Crippen LogP contribution in [0.2, 0.25) is 0 Å². The first-order valence-corrected chi connectivity index (χ1v) is 11.4. The second-order valence-corrected chi connectivity index (χ2v) is 8.34. The van der Waals surface area contributed by atoms with Crippen molar-refractivity contribution in [2.75, 3.05) is 50.9 Å². The first-order chi connectivity index (χ1) is 15.1. The van der Waals surface area contributed by atoms with Gasteiger partial charge in [-0.2, -0.15) is 0 Å². The molecule has 2 aromatic carbocycles. The number of benzene rings is 2. The summed E-state index contributed by atoms with van der Waals surface area (Å²) in [5.74, 6) is 0.107. The smallest absolute Gasteiger partial charge is 0.260 e. The van der Waals surface area contributed by atoms with Crippen LogP contribution in [0.15, 0.2) is 42.5 Å². The molecular weight excluding hydrogens is 453 g/mol. The van der Waals surface area contributed by atoms with Crippen molar-refractivity contribution in [1.29, 1.82) is 0 Å². The van der Waals surface area contributed by atoms with Gasteiger partial charge in [0.05, 0.1) is 30.0 Å². The Morgan fingerprint density at radius 1 is 1.25 bits per heavy atom. The number of halogens is 2. The first kappa shape index (κ1) is 24.4. The van der Waals surface area contributed by atoms with Crippen molar-refractivity contribution in [2.45, 2.75) is 13.3 Å². The molecule has 2 heterocycles. The quantitative estimate of drug-likeness (QED) is 0.471. The molecule has 6 nitrogen and oxygen atoms in total. The Bertz CT molecular complexity index is 1040. The van der Waals surface area contributed by atoms with Crippen LogP contribution in [0.4, 0.5) is 9.52 Å². The lowest BCUT2D eigenvalue weighted by atomic mass is 10.2. The summed E-state index contributed by atoms with van der Waals surface area (Å²) in [7, 11) is 0. The van der Waals surface area contributed by atoms with Gasteiger partial charge >= 0.3 is 0 Å². The Hall–Kier alpha value is -2.26. The molecule has 172 valence electrons. The number of rotatable bonds is 8. The maximum absolute atomic E-state index is 13.8. The fourth-order valence-electron chi connectivity index (χ4n) is 3.60. The Morgan fingerprint density at radius 3 is 2.81 bits per heavy atom. The zero-order valence-electron chi connectivity index (χ0n) is 18.0. The number of nitrogens with zero attached hydrogens (tertiary/aromatic N) is 3. The third-order valence-corrected chi connectivity index (χ3v) is 6.21. The molecule has 0 unspecified atom stereocenters. The molecule has 0 radical (unpaired) electrons. The third-order valence-electron chi connectivity index (χ3n) is 5.17. The van der Waals surface area contributed by atoms with E-state index in [1.54, 1.807) is 17.0 Å². The van der Waals surface area contributed by atoms with Gasteiger partial charge in [-0.3, -0.25) is 14.6 Å². The summed E-state index contributed by atoms with van der Waals surface area (Å²) in [5, 5.41) is 0.611. The highest BCUT2D eigenvalue weighted by Gasteiger charge is 2.22. The van der Waals surface area contributed by atoms with E-state index in [4.69, 9.17) is 9.47 Å². The van der Waals surface area contributed by atoms with E-state index in [-0.39, 0.29) is 18.3 Å². The number of carbonyl (C=O) groups is 1. The zero-order valence-corrected chi connectivity index (χ0v) is 19.6. The fourth-order valence-corrected chi connectivity index (χ4v) is 4.62. The molecule has 4 rings (SSSR count). The summed E-state index contributed by atoms with van der Waals surface area (Å²) in [6.45, 7) is 7.19. The number of hydrogen-bond acceptors (Lipinski definition) is 6. The van der Waals surface area contributed by atoms with Crippen LogP contribution < -0.4 is 9.64 Å². The molecule has 1 amide bonds. The Labute approximate surface area is 197 Å². The fraction of sp³-hybridized carbons (Fsp3) is 0.391. The molecule has 1 saturated heterocycles. The van der Waals surface area contributed by atoms with Gasteiger partial charge in [-0.05, 0) is 49.7 Å². The maximum Gasteiger partial charge on any atom is 0.260 e. The number of carbonyl (C=O) groups excluding carboxylic acids is 1. The van der Waals surface area contributed by atoms with Crippen molar-refractivity contribution < 1.29 is 18.7 Å². The van der Waals surface area contributed by atoms with Gasteiger partial charge in [-0.15, -0.1) is 12.4 Å². The van der Waals surface area contributed by atoms with Crippen molar-refractivity contribution >= 4 is 45.0 Å². The molecule has 0 aliphatic carbocycles. The minimum atomic E-state index is -0.426. The number of thiazole rings is 1. The molecule has 0 atom stereocenters. The van der Waals surface area contributed by atoms with Crippen LogP contribution in [-0.2, 0) is 4.74 Å². The topological polar surface area (TPSA) is 54.9 Å². The molecule has 3 aromatic rings. The largest absolute Gasteiger partial charge is 0.494 e. The van der Waals surface area contributed by atoms with Crippen molar-refractivity contribution in [3.8, 4) is 5.75 Å². The van der Waals surface area contributed by atoms with Crippen molar-refractivity contribution in [3.63, 3.8) is 0 Å². The van der Waals surface area contributed by atoms with E-state index in [9.17, 15) is 9.18 Å². The van der Waals surface area contributed by atoms with Crippen LogP contribution in [-0.4, -0.2) is 61.8 Å². The van der Waals surface area contributed by atoms with Crippen molar-refractivity contribution in [1.82, 2.24) is 9.88 Å². The minimum absolute atomic E-state index is 0. The maximum atomic E-state index is 13.8. The predicted molar refractivity (Wildman–Crippen MR) is 128 cm³/mol.